The molecule has 2 atom stereocenters. The second-order valence-electron chi connectivity index (χ2n) is 9.44. The molecule has 4 aromatic rings. The molecule has 3 aromatic carbocycles. The molecule has 0 saturated carbocycles. The van der Waals surface area contributed by atoms with Crippen LogP contribution in [0.5, 0.6) is 0 Å². The molecule has 4 rings (SSSR count). The van der Waals surface area contributed by atoms with Gasteiger partial charge in [-0.25, -0.2) is 4.98 Å². The van der Waals surface area contributed by atoms with E-state index in [2.05, 4.69) is 9.97 Å². The maximum Gasteiger partial charge on any atom is 0.248 e. The Labute approximate surface area is 217 Å². The summed E-state index contributed by atoms with van der Waals surface area (Å²) in [4.78, 5) is 35.2. The minimum absolute atomic E-state index is 0.174. The van der Waals surface area contributed by atoms with E-state index in [0.717, 1.165) is 33.5 Å². The van der Waals surface area contributed by atoms with Crippen LogP contribution < -0.4 is 11.5 Å². The Morgan fingerprint density at radius 3 is 2.16 bits per heavy atom. The number of imidazole rings is 1. The van der Waals surface area contributed by atoms with Crippen LogP contribution in [0.1, 0.15) is 51.4 Å². The number of benzene rings is 3. The van der Waals surface area contributed by atoms with Crippen molar-refractivity contribution in [1.29, 1.82) is 0 Å². The summed E-state index contributed by atoms with van der Waals surface area (Å²) in [6.45, 7) is 6.17. The Kier molecular flexibility index (Phi) is 7.84. The van der Waals surface area contributed by atoms with E-state index in [1.807, 2.05) is 81.4 Å². The number of hydrogen-bond donors (Lipinski definition) is 3. The fourth-order valence-corrected chi connectivity index (χ4v) is 4.62. The predicted molar refractivity (Wildman–Crippen MR) is 146 cm³/mol. The van der Waals surface area contributed by atoms with Crippen LogP contribution >= 0.6 is 0 Å². The lowest BCUT2D eigenvalue weighted by Crippen LogP contribution is -2.46. The summed E-state index contributed by atoms with van der Waals surface area (Å²) >= 11 is 0. The van der Waals surface area contributed by atoms with Crippen LogP contribution in [0.25, 0.3) is 11.3 Å². The third-order valence-electron chi connectivity index (χ3n) is 6.74. The largest absolute Gasteiger partial charge is 0.366 e. The van der Waals surface area contributed by atoms with E-state index in [4.69, 9.17) is 11.5 Å². The minimum atomic E-state index is -0.772. The first-order valence-corrected chi connectivity index (χ1v) is 12.3. The molecule has 1 heterocycles. The van der Waals surface area contributed by atoms with E-state index < -0.39 is 11.9 Å². The van der Waals surface area contributed by atoms with Gasteiger partial charge in [0.2, 0.25) is 11.8 Å². The molecule has 1 aromatic heterocycles. The number of aromatic nitrogens is 2. The van der Waals surface area contributed by atoms with Crippen molar-refractivity contribution in [2.75, 3.05) is 0 Å². The van der Waals surface area contributed by atoms with Crippen molar-refractivity contribution >= 4 is 11.8 Å². The number of rotatable bonds is 9. The Morgan fingerprint density at radius 1 is 0.973 bits per heavy atom. The molecule has 0 radical (unpaired) electrons. The van der Waals surface area contributed by atoms with Gasteiger partial charge in [-0.3, -0.25) is 9.59 Å². The van der Waals surface area contributed by atoms with Gasteiger partial charge in [-0.05, 0) is 67.1 Å². The summed E-state index contributed by atoms with van der Waals surface area (Å²) < 4.78 is 0. The highest BCUT2D eigenvalue weighted by atomic mass is 16.2. The van der Waals surface area contributed by atoms with Crippen molar-refractivity contribution in [3.8, 4) is 11.3 Å². The molecule has 37 heavy (non-hydrogen) atoms. The van der Waals surface area contributed by atoms with Crippen LogP contribution in [0.3, 0.4) is 0 Å². The zero-order valence-corrected chi connectivity index (χ0v) is 21.4. The number of carbonyl (C=O) groups is 2. The molecular weight excluding hydrogens is 462 g/mol. The van der Waals surface area contributed by atoms with Gasteiger partial charge in [0, 0.05) is 12.1 Å². The molecule has 7 heteroatoms. The van der Waals surface area contributed by atoms with Gasteiger partial charge >= 0.3 is 0 Å². The SMILES string of the molecule is Cc1cc(C(N)=O)cc(C)c1C[C@H](N)C(=O)N(Cc1ccccc1)[C@@H](C)c1ncc(-c2ccccc2)[nH]1. The molecule has 7 nitrogen and oxygen atoms in total. The summed E-state index contributed by atoms with van der Waals surface area (Å²) in [6.07, 6.45) is 2.14. The number of nitrogens with two attached hydrogens (primary N) is 2. The number of H-pyrrole nitrogens is 1. The van der Waals surface area contributed by atoms with Gasteiger partial charge in [-0.2, -0.15) is 0 Å². The number of carbonyl (C=O) groups excluding carboxylic acids is 2. The first-order valence-electron chi connectivity index (χ1n) is 12.3. The van der Waals surface area contributed by atoms with Gasteiger partial charge < -0.3 is 21.4 Å². The Hall–Kier alpha value is -4.23. The van der Waals surface area contributed by atoms with Gasteiger partial charge in [0.15, 0.2) is 0 Å². The molecule has 0 spiro atoms. The number of amides is 2. The number of hydrogen-bond acceptors (Lipinski definition) is 4. The average Bonchev–Trinajstić information content (AvgIpc) is 3.40. The first-order chi connectivity index (χ1) is 17.7. The molecular formula is C30H33N5O2. The van der Waals surface area contributed by atoms with Crippen LogP contribution in [0.4, 0.5) is 0 Å². The van der Waals surface area contributed by atoms with Gasteiger partial charge in [0.05, 0.1) is 24.0 Å². The van der Waals surface area contributed by atoms with E-state index in [1.165, 1.54) is 0 Å². The van der Waals surface area contributed by atoms with E-state index in [1.54, 1.807) is 23.2 Å². The van der Waals surface area contributed by atoms with Gasteiger partial charge in [-0.15, -0.1) is 0 Å². The predicted octanol–water partition coefficient (Wildman–Crippen LogP) is 4.45. The second kappa shape index (κ2) is 11.2. The average molecular weight is 496 g/mol. The highest BCUT2D eigenvalue weighted by molar-refractivity contribution is 5.93. The maximum absolute atomic E-state index is 13.8. The van der Waals surface area contributed by atoms with Crippen molar-refractivity contribution < 1.29 is 9.59 Å². The van der Waals surface area contributed by atoms with Crippen molar-refractivity contribution in [3.63, 3.8) is 0 Å². The van der Waals surface area contributed by atoms with Crippen LogP contribution in [0.15, 0.2) is 79.0 Å². The highest BCUT2D eigenvalue weighted by Crippen LogP contribution is 2.26. The lowest BCUT2D eigenvalue weighted by atomic mass is 9.93. The Balaban J connectivity index is 1.61. The number of aromatic amines is 1. The molecule has 0 aliphatic carbocycles. The molecule has 2 amide bonds. The molecule has 0 bridgehead atoms. The highest BCUT2D eigenvalue weighted by Gasteiger charge is 2.29. The summed E-state index contributed by atoms with van der Waals surface area (Å²) in [6, 6.07) is 22.2. The van der Waals surface area contributed by atoms with Crippen molar-refractivity contribution in [2.24, 2.45) is 11.5 Å². The number of aryl methyl sites for hydroxylation is 2. The Morgan fingerprint density at radius 2 is 1.57 bits per heavy atom. The summed E-state index contributed by atoms with van der Waals surface area (Å²) in [5, 5.41) is 0. The lowest BCUT2D eigenvalue weighted by molar-refractivity contribution is -0.135. The van der Waals surface area contributed by atoms with Crippen molar-refractivity contribution in [2.45, 2.75) is 45.8 Å². The normalized spacial score (nSPS) is 12.6. The molecule has 0 saturated heterocycles. The van der Waals surface area contributed by atoms with E-state index >= 15 is 0 Å². The third kappa shape index (κ3) is 5.95. The monoisotopic (exact) mass is 495 g/mol. The van der Waals surface area contributed by atoms with Gasteiger partial charge in [-0.1, -0.05) is 60.7 Å². The summed E-state index contributed by atoms with van der Waals surface area (Å²) in [5.41, 5.74) is 18.1. The zero-order valence-electron chi connectivity index (χ0n) is 21.4. The van der Waals surface area contributed by atoms with Crippen LogP contribution in [-0.2, 0) is 17.8 Å². The lowest BCUT2D eigenvalue weighted by Gasteiger charge is -2.31. The fraction of sp³-hybridized carbons (Fsp3) is 0.233. The van der Waals surface area contributed by atoms with E-state index in [0.29, 0.717) is 24.4 Å². The maximum atomic E-state index is 13.8. The minimum Gasteiger partial charge on any atom is -0.366 e. The quantitative estimate of drug-likeness (QED) is 0.318. The molecule has 0 unspecified atom stereocenters. The van der Waals surface area contributed by atoms with E-state index in [9.17, 15) is 9.59 Å². The Bertz CT molecular complexity index is 1360. The molecule has 0 aliphatic rings. The van der Waals surface area contributed by atoms with Crippen LogP contribution in [0.2, 0.25) is 0 Å². The van der Waals surface area contributed by atoms with Crippen molar-refractivity contribution in [1.82, 2.24) is 14.9 Å². The molecule has 0 aliphatic heterocycles. The summed E-state index contributed by atoms with van der Waals surface area (Å²) in [5.74, 6) is 0.0367. The van der Waals surface area contributed by atoms with E-state index in [-0.39, 0.29) is 11.9 Å². The van der Waals surface area contributed by atoms with Crippen LogP contribution in [0, 0.1) is 13.8 Å². The van der Waals surface area contributed by atoms with Gasteiger partial charge in [0.25, 0.3) is 0 Å². The first kappa shape index (κ1) is 25.9. The number of nitrogens with one attached hydrogen (secondary N) is 1. The second-order valence-corrected chi connectivity index (χ2v) is 9.44. The standard InChI is InChI=1S/C30H33N5O2/c1-19-14-24(28(32)36)15-20(2)25(19)16-26(31)30(37)35(18-22-10-6-4-7-11-22)21(3)29-33-17-27(34-29)23-12-8-5-9-13-23/h4-15,17,21,26H,16,18,31H2,1-3H3,(H2,32,36)(H,33,34)/t21-,26-/m0/s1. The molecule has 5 N–H and O–H groups in total. The smallest absolute Gasteiger partial charge is 0.248 e. The van der Waals surface area contributed by atoms with Crippen molar-refractivity contribution in [3.05, 3.63) is 113 Å². The molecule has 190 valence electrons. The fourth-order valence-electron chi connectivity index (χ4n) is 4.62. The topological polar surface area (TPSA) is 118 Å². The zero-order chi connectivity index (χ0) is 26.5. The number of nitrogens with zero attached hydrogens (tertiary/aromatic N) is 2. The number of primary amides is 1. The molecule has 0 fully saturated rings. The third-order valence-corrected chi connectivity index (χ3v) is 6.74. The van der Waals surface area contributed by atoms with Crippen LogP contribution in [-0.4, -0.2) is 32.7 Å². The van der Waals surface area contributed by atoms with Gasteiger partial charge in [0.1, 0.15) is 5.82 Å². The summed E-state index contributed by atoms with van der Waals surface area (Å²) in [7, 11) is 0.